The molecule has 146 valence electrons. The van der Waals surface area contributed by atoms with Gasteiger partial charge in [0.2, 0.25) is 0 Å². The zero-order valence-electron chi connectivity index (χ0n) is 15.8. The van der Waals surface area contributed by atoms with Crippen LogP contribution >= 0.6 is 12.4 Å². The van der Waals surface area contributed by atoms with E-state index in [1.807, 2.05) is 54.6 Å². The Balaban J connectivity index is 0.00000225. The Bertz CT molecular complexity index is 829. The number of nitrogens with one attached hydrogen (secondary N) is 1. The van der Waals surface area contributed by atoms with Crippen molar-refractivity contribution in [1.29, 1.82) is 0 Å². The summed E-state index contributed by atoms with van der Waals surface area (Å²) in [7, 11) is 0. The molecule has 1 aliphatic heterocycles. The molecule has 0 bridgehead atoms. The summed E-state index contributed by atoms with van der Waals surface area (Å²) in [4.78, 5) is 0. The van der Waals surface area contributed by atoms with Gasteiger partial charge >= 0.3 is 0 Å². The number of hydrogen-bond acceptors (Lipinski definition) is 3. The van der Waals surface area contributed by atoms with E-state index >= 15 is 0 Å². The van der Waals surface area contributed by atoms with Crippen LogP contribution in [0.1, 0.15) is 19.3 Å². The van der Waals surface area contributed by atoms with E-state index in [-0.39, 0.29) is 12.4 Å². The smallest absolute Gasteiger partial charge is 0.127 e. The quantitative estimate of drug-likeness (QED) is 0.547. The van der Waals surface area contributed by atoms with Gasteiger partial charge in [-0.05, 0) is 66.9 Å². The SMILES string of the molecule is Cl.c1ccc(-c2ccc(Oc3ccc(OCC4CCCCN4)cc3)cc2)cc1. The minimum Gasteiger partial charge on any atom is -0.492 e. The van der Waals surface area contributed by atoms with Crippen molar-refractivity contribution >= 4 is 12.4 Å². The molecule has 1 atom stereocenters. The number of piperidine rings is 1. The lowest BCUT2D eigenvalue weighted by Gasteiger charge is -2.23. The average molecular weight is 396 g/mol. The Morgan fingerprint density at radius 1 is 0.714 bits per heavy atom. The van der Waals surface area contributed by atoms with Gasteiger partial charge in [-0.3, -0.25) is 0 Å². The molecule has 28 heavy (non-hydrogen) atoms. The van der Waals surface area contributed by atoms with Crippen LogP contribution < -0.4 is 14.8 Å². The van der Waals surface area contributed by atoms with E-state index in [2.05, 4.69) is 29.6 Å². The van der Waals surface area contributed by atoms with E-state index in [0.29, 0.717) is 6.04 Å². The van der Waals surface area contributed by atoms with Crippen molar-refractivity contribution in [2.45, 2.75) is 25.3 Å². The van der Waals surface area contributed by atoms with Crippen LogP contribution in [-0.4, -0.2) is 19.2 Å². The van der Waals surface area contributed by atoms with E-state index in [4.69, 9.17) is 9.47 Å². The highest BCUT2D eigenvalue weighted by molar-refractivity contribution is 5.85. The third-order valence-electron chi connectivity index (χ3n) is 4.88. The molecule has 0 aliphatic carbocycles. The van der Waals surface area contributed by atoms with E-state index in [0.717, 1.165) is 30.4 Å². The van der Waals surface area contributed by atoms with Crippen molar-refractivity contribution in [3.8, 4) is 28.4 Å². The summed E-state index contributed by atoms with van der Waals surface area (Å²) in [6.45, 7) is 1.82. The summed E-state index contributed by atoms with van der Waals surface area (Å²) in [5.41, 5.74) is 2.39. The van der Waals surface area contributed by atoms with Crippen LogP contribution in [0.15, 0.2) is 78.9 Å². The number of benzene rings is 3. The Morgan fingerprint density at radius 3 is 1.96 bits per heavy atom. The van der Waals surface area contributed by atoms with E-state index in [9.17, 15) is 0 Å². The molecule has 1 N–H and O–H groups in total. The predicted molar refractivity (Wildman–Crippen MR) is 117 cm³/mol. The highest BCUT2D eigenvalue weighted by Gasteiger charge is 2.12. The van der Waals surface area contributed by atoms with Crippen LogP contribution in [0.3, 0.4) is 0 Å². The normalized spacial score (nSPS) is 16.1. The summed E-state index contributed by atoms with van der Waals surface area (Å²) in [6.07, 6.45) is 3.76. The zero-order valence-corrected chi connectivity index (χ0v) is 16.7. The highest BCUT2D eigenvalue weighted by atomic mass is 35.5. The van der Waals surface area contributed by atoms with Crippen LogP contribution in [0, 0.1) is 0 Å². The molecule has 1 saturated heterocycles. The van der Waals surface area contributed by atoms with Gasteiger partial charge in [0.15, 0.2) is 0 Å². The lowest BCUT2D eigenvalue weighted by Crippen LogP contribution is -2.38. The summed E-state index contributed by atoms with van der Waals surface area (Å²) in [5, 5.41) is 3.50. The first-order valence-corrected chi connectivity index (χ1v) is 9.66. The van der Waals surface area contributed by atoms with Gasteiger partial charge in [-0.15, -0.1) is 12.4 Å². The molecule has 1 aliphatic rings. The lowest BCUT2D eigenvalue weighted by molar-refractivity contribution is 0.239. The molecule has 1 fully saturated rings. The number of halogens is 1. The van der Waals surface area contributed by atoms with Gasteiger partial charge in [-0.1, -0.05) is 48.9 Å². The Kier molecular flexibility index (Phi) is 7.35. The summed E-state index contributed by atoms with van der Waals surface area (Å²) in [5.74, 6) is 2.52. The molecule has 1 heterocycles. The first kappa shape index (κ1) is 20.2. The molecule has 1 unspecified atom stereocenters. The summed E-state index contributed by atoms with van der Waals surface area (Å²) in [6, 6.07) is 26.8. The predicted octanol–water partition coefficient (Wildman–Crippen LogP) is 6.09. The molecule has 3 aromatic rings. The van der Waals surface area contributed by atoms with Gasteiger partial charge in [0.1, 0.15) is 23.9 Å². The Morgan fingerprint density at radius 2 is 1.32 bits per heavy atom. The van der Waals surface area contributed by atoms with Crippen LogP contribution in [0.5, 0.6) is 17.2 Å². The van der Waals surface area contributed by atoms with Crippen molar-refractivity contribution in [2.24, 2.45) is 0 Å². The topological polar surface area (TPSA) is 30.5 Å². The van der Waals surface area contributed by atoms with Crippen molar-refractivity contribution in [3.63, 3.8) is 0 Å². The third kappa shape index (κ3) is 5.51. The molecule has 0 saturated carbocycles. The fourth-order valence-electron chi connectivity index (χ4n) is 3.35. The van der Waals surface area contributed by atoms with Crippen molar-refractivity contribution in [3.05, 3.63) is 78.9 Å². The fourth-order valence-corrected chi connectivity index (χ4v) is 3.35. The maximum atomic E-state index is 5.95. The van der Waals surface area contributed by atoms with Crippen molar-refractivity contribution in [1.82, 2.24) is 5.32 Å². The van der Waals surface area contributed by atoms with E-state index in [1.165, 1.54) is 30.4 Å². The largest absolute Gasteiger partial charge is 0.492 e. The molecule has 0 radical (unpaired) electrons. The fraction of sp³-hybridized carbons (Fsp3) is 0.250. The minimum atomic E-state index is 0. The van der Waals surface area contributed by atoms with Crippen LogP contribution in [0.2, 0.25) is 0 Å². The lowest BCUT2D eigenvalue weighted by atomic mass is 10.1. The molecule has 3 aromatic carbocycles. The third-order valence-corrected chi connectivity index (χ3v) is 4.88. The van der Waals surface area contributed by atoms with Crippen molar-refractivity contribution < 1.29 is 9.47 Å². The molecule has 0 spiro atoms. The second-order valence-electron chi connectivity index (χ2n) is 6.92. The summed E-state index contributed by atoms with van der Waals surface area (Å²) >= 11 is 0. The summed E-state index contributed by atoms with van der Waals surface area (Å²) < 4.78 is 11.8. The van der Waals surface area contributed by atoms with Gasteiger partial charge < -0.3 is 14.8 Å². The maximum absolute atomic E-state index is 5.95. The standard InChI is InChI=1S/C24H25NO2.ClH/c1-2-6-19(7-3-1)20-9-11-23(12-10-20)27-24-15-13-22(14-16-24)26-18-21-8-4-5-17-25-21;/h1-3,6-7,9-16,21,25H,4-5,8,17-18H2;1H. The molecule has 0 aromatic heterocycles. The highest BCUT2D eigenvalue weighted by Crippen LogP contribution is 2.27. The molecule has 3 nitrogen and oxygen atoms in total. The van der Waals surface area contributed by atoms with Crippen molar-refractivity contribution in [2.75, 3.05) is 13.2 Å². The number of rotatable bonds is 6. The van der Waals surface area contributed by atoms with Gasteiger partial charge in [0, 0.05) is 6.04 Å². The molecule has 0 amide bonds. The van der Waals surface area contributed by atoms with Gasteiger partial charge in [-0.2, -0.15) is 0 Å². The first-order chi connectivity index (χ1) is 13.4. The maximum Gasteiger partial charge on any atom is 0.127 e. The Labute approximate surface area is 173 Å². The van der Waals surface area contributed by atoms with Crippen LogP contribution in [-0.2, 0) is 0 Å². The van der Waals surface area contributed by atoms with Crippen LogP contribution in [0.4, 0.5) is 0 Å². The van der Waals surface area contributed by atoms with E-state index in [1.54, 1.807) is 0 Å². The molecular formula is C24H26ClNO2. The molecular weight excluding hydrogens is 370 g/mol. The van der Waals surface area contributed by atoms with E-state index < -0.39 is 0 Å². The first-order valence-electron chi connectivity index (χ1n) is 9.66. The van der Waals surface area contributed by atoms with Gasteiger partial charge in [0.25, 0.3) is 0 Å². The minimum absolute atomic E-state index is 0. The second kappa shape index (κ2) is 10.2. The Hall–Kier alpha value is -2.49. The zero-order chi connectivity index (χ0) is 18.3. The number of ether oxygens (including phenoxy) is 2. The van der Waals surface area contributed by atoms with Crippen LogP contribution in [0.25, 0.3) is 11.1 Å². The van der Waals surface area contributed by atoms with Gasteiger partial charge in [-0.25, -0.2) is 0 Å². The molecule has 4 rings (SSSR count). The average Bonchev–Trinajstić information content (AvgIpc) is 2.75. The molecule has 4 heteroatoms. The monoisotopic (exact) mass is 395 g/mol. The second-order valence-corrected chi connectivity index (χ2v) is 6.92. The van der Waals surface area contributed by atoms with Gasteiger partial charge in [0.05, 0.1) is 0 Å². The number of hydrogen-bond donors (Lipinski definition) is 1.